The quantitative estimate of drug-likeness (QED) is 0.520. The van der Waals surface area contributed by atoms with Crippen LogP contribution in [0.5, 0.6) is 11.5 Å². The molecule has 6 heteroatoms. The topological polar surface area (TPSA) is 70.2 Å². The average molecular weight is 323 g/mol. The summed E-state index contributed by atoms with van der Waals surface area (Å²) in [5.74, 6) is 1.23. The van der Waals surface area contributed by atoms with Gasteiger partial charge in [-0.15, -0.1) is 0 Å². The lowest BCUT2D eigenvalue weighted by Crippen LogP contribution is -1.99. The zero-order chi connectivity index (χ0) is 17.1. The summed E-state index contributed by atoms with van der Waals surface area (Å²) in [6.07, 6.45) is 3.45. The van der Waals surface area contributed by atoms with Gasteiger partial charge in [-0.05, 0) is 30.5 Å². The fourth-order valence-corrected chi connectivity index (χ4v) is 2.57. The van der Waals surface area contributed by atoms with Gasteiger partial charge in [0.2, 0.25) is 0 Å². The molecule has 122 valence electrons. The van der Waals surface area contributed by atoms with Gasteiger partial charge >= 0.3 is 0 Å². The Morgan fingerprint density at radius 2 is 1.83 bits per heavy atom. The molecule has 0 saturated carbocycles. The minimum atomic E-state index is -0.401. The van der Waals surface area contributed by atoms with Gasteiger partial charge in [0, 0.05) is 12.1 Å². The Labute approximate surface area is 139 Å². The van der Waals surface area contributed by atoms with Crippen LogP contribution in [0.15, 0.2) is 54.9 Å². The highest BCUT2D eigenvalue weighted by Gasteiger charge is 2.14. The number of rotatable bonds is 5. The molecule has 2 aromatic carbocycles. The fraction of sp³-hybridized carbons (Fsp3) is 0.167. The molecule has 0 saturated heterocycles. The fourth-order valence-electron chi connectivity index (χ4n) is 2.57. The number of aromatic nitrogens is 2. The molecular weight excluding hydrogens is 306 g/mol. The first-order chi connectivity index (χ1) is 11.5. The van der Waals surface area contributed by atoms with Gasteiger partial charge < -0.3 is 4.74 Å². The van der Waals surface area contributed by atoms with E-state index < -0.39 is 4.92 Å². The maximum atomic E-state index is 10.9. The first-order valence-electron chi connectivity index (χ1n) is 7.53. The van der Waals surface area contributed by atoms with Gasteiger partial charge in [0.1, 0.15) is 5.75 Å². The molecule has 1 heterocycles. The average Bonchev–Trinajstić information content (AvgIpc) is 2.98. The van der Waals surface area contributed by atoms with Crippen LogP contribution in [-0.2, 0) is 6.54 Å². The second-order valence-corrected chi connectivity index (χ2v) is 5.63. The number of nitro benzene ring substituents is 1. The van der Waals surface area contributed by atoms with Crippen LogP contribution in [0.4, 0.5) is 5.69 Å². The van der Waals surface area contributed by atoms with Gasteiger partial charge in [-0.25, -0.2) is 0 Å². The van der Waals surface area contributed by atoms with E-state index >= 15 is 0 Å². The molecular formula is C18H17N3O3. The molecule has 0 radical (unpaired) electrons. The molecule has 1 aromatic heterocycles. The number of non-ortho nitro benzene ring substituents is 1. The maximum Gasteiger partial charge on any atom is 0.270 e. The monoisotopic (exact) mass is 323 g/mol. The molecule has 0 N–H and O–H groups in total. The summed E-state index contributed by atoms with van der Waals surface area (Å²) < 4.78 is 7.68. The number of ether oxygens (including phenoxy) is 1. The van der Waals surface area contributed by atoms with Crippen molar-refractivity contribution in [2.24, 2.45) is 0 Å². The summed E-state index contributed by atoms with van der Waals surface area (Å²) in [4.78, 5) is 10.5. The molecule has 24 heavy (non-hydrogen) atoms. The predicted octanol–water partition coefficient (Wildman–Crippen LogP) is 4.25. The molecule has 0 aliphatic rings. The lowest BCUT2D eigenvalue weighted by Gasteiger charge is -2.10. The van der Waals surface area contributed by atoms with Crippen LogP contribution in [0.2, 0.25) is 0 Å². The van der Waals surface area contributed by atoms with Gasteiger partial charge in [0.25, 0.3) is 5.69 Å². The summed E-state index contributed by atoms with van der Waals surface area (Å²) in [6.45, 7) is 4.25. The lowest BCUT2D eigenvalue weighted by atomic mass is 10.1. The molecule has 6 nitrogen and oxygen atoms in total. The second-order valence-electron chi connectivity index (χ2n) is 5.63. The van der Waals surface area contributed by atoms with Crippen molar-refractivity contribution in [2.75, 3.05) is 0 Å². The van der Waals surface area contributed by atoms with E-state index in [-0.39, 0.29) is 5.69 Å². The van der Waals surface area contributed by atoms with Crippen LogP contribution in [0.25, 0.3) is 0 Å². The molecule has 3 aromatic rings. The van der Waals surface area contributed by atoms with Crippen molar-refractivity contribution in [1.82, 2.24) is 9.78 Å². The third-order valence-electron chi connectivity index (χ3n) is 3.67. The summed E-state index contributed by atoms with van der Waals surface area (Å²) >= 11 is 0. The first kappa shape index (κ1) is 15.7. The Morgan fingerprint density at radius 3 is 2.46 bits per heavy atom. The molecule has 0 amide bonds. The largest absolute Gasteiger partial charge is 0.454 e. The summed E-state index contributed by atoms with van der Waals surface area (Å²) in [6, 6.07) is 13.0. The van der Waals surface area contributed by atoms with Gasteiger partial charge in [-0.1, -0.05) is 30.3 Å². The minimum Gasteiger partial charge on any atom is -0.454 e. The Morgan fingerprint density at radius 1 is 1.17 bits per heavy atom. The Hall–Kier alpha value is -3.15. The van der Waals surface area contributed by atoms with E-state index in [1.54, 1.807) is 24.7 Å². The SMILES string of the molecule is Cc1cc([N+](=O)[O-])cc(C)c1Oc1cnn(Cc2ccccc2)c1. The third-order valence-corrected chi connectivity index (χ3v) is 3.67. The lowest BCUT2D eigenvalue weighted by molar-refractivity contribution is -0.385. The normalized spacial score (nSPS) is 10.6. The summed E-state index contributed by atoms with van der Waals surface area (Å²) in [5.41, 5.74) is 2.65. The van der Waals surface area contributed by atoms with E-state index in [0.29, 0.717) is 18.0 Å². The smallest absolute Gasteiger partial charge is 0.270 e. The van der Waals surface area contributed by atoms with E-state index in [4.69, 9.17) is 4.74 Å². The van der Waals surface area contributed by atoms with Crippen LogP contribution in [0.1, 0.15) is 16.7 Å². The summed E-state index contributed by atoms with van der Waals surface area (Å²) in [7, 11) is 0. The van der Waals surface area contributed by atoms with E-state index in [0.717, 1.165) is 16.7 Å². The highest BCUT2D eigenvalue weighted by molar-refractivity contribution is 5.50. The van der Waals surface area contributed by atoms with Crippen LogP contribution in [-0.4, -0.2) is 14.7 Å². The molecule has 3 rings (SSSR count). The van der Waals surface area contributed by atoms with Gasteiger partial charge in [0.05, 0.1) is 23.9 Å². The van der Waals surface area contributed by atoms with Crippen LogP contribution in [0, 0.1) is 24.0 Å². The molecule has 0 bridgehead atoms. The van der Waals surface area contributed by atoms with Crippen molar-refractivity contribution in [3.05, 3.63) is 81.7 Å². The number of hydrogen-bond acceptors (Lipinski definition) is 4. The first-order valence-corrected chi connectivity index (χ1v) is 7.53. The number of aryl methyl sites for hydroxylation is 2. The Kier molecular flexibility index (Phi) is 4.29. The second kappa shape index (κ2) is 6.54. The van der Waals surface area contributed by atoms with Gasteiger partial charge in [-0.2, -0.15) is 5.10 Å². The number of hydrogen-bond donors (Lipinski definition) is 0. The van der Waals surface area contributed by atoms with Crippen molar-refractivity contribution >= 4 is 5.69 Å². The predicted molar refractivity (Wildman–Crippen MR) is 90.4 cm³/mol. The standard InChI is InChI=1S/C18H17N3O3/c1-13-8-16(21(22)23)9-14(2)18(13)24-17-10-19-20(12-17)11-15-6-4-3-5-7-15/h3-10,12H,11H2,1-2H3. The van der Waals surface area contributed by atoms with Gasteiger partial charge in [-0.3, -0.25) is 14.8 Å². The molecule has 0 aliphatic heterocycles. The van der Waals surface area contributed by atoms with Crippen molar-refractivity contribution in [3.63, 3.8) is 0 Å². The van der Waals surface area contributed by atoms with E-state index in [2.05, 4.69) is 5.10 Å². The number of nitrogens with zero attached hydrogens (tertiary/aromatic N) is 3. The Balaban J connectivity index is 1.79. The van der Waals surface area contributed by atoms with E-state index in [9.17, 15) is 10.1 Å². The number of benzene rings is 2. The van der Waals surface area contributed by atoms with Crippen molar-refractivity contribution in [2.45, 2.75) is 20.4 Å². The van der Waals surface area contributed by atoms with Gasteiger partial charge in [0.15, 0.2) is 5.75 Å². The Bertz CT molecular complexity index is 849. The van der Waals surface area contributed by atoms with E-state index in [1.807, 2.05) is 36.5 Å². The van der Waals surface area contributed by atoms with Crippen molar-refractivity contribution in [3.8, 4) is 11.5 Å². The molecule has 0 aliphatic carbocycles. The third kappa shape index (κ3) is 3.43. The zero-order valence-corrected chi connectivity index (χ0v) is 13.5. The van der Waals surface area contributed by atoms with Crippen molar-refractivity contribution < 1.29 is 9.66 Å². The number of nitro groups is 1. The molecule has 0 unspecified atom stereocenters. The van der Waals surface area contributed by atoms with Crippen molar-refractivity contribution in [1.29, 1.82) is 0 Å². The minimum absolute atomic E-state index is 0.0668. The molecule has 0 atom stereocenters. The van der Waals surface area contributed by atoms with E-state index in [1.165, 1.54) is 12.1 Å². The zero-order valence-electron chi connectivity index (χ0n) is 13.5. The maximum absolute atomic E-state index is 10.9. The van der Waals surface area contributed by atoms with Crippen LogP contribution in [0.3, 0.4) is 0 Å². The highest BCUT2D eigenvalue weighted by atomic mass is 16.6. The summed E-state index contributed by atoms with van der Waals surface area (Å²) in [5, 5.41) is 15.2. The van der Waals surface area contributed by atoms with Crippen LogP contribution < -0.4 is 4.74 Å². The highest BCUT2D eigenvalue weighted by Crippen LogP contribution is 2.32. The molecule has 0 spiro atoms. The van der Waals surface area contributed by atoms with Crippen LogP contribution >= 0.6 is 0 Å². The molecule has 0 fully saturated rings.